The summed E-state index contributed by atoms with van der Waals surface area (Å²) in [6, 6.07) is -0.275. The second kappa shape index (κ2) is 3.89. The van der Waals surface area contributed by atoms with Crippen molar-refractivity contribution in [2.45, 2.75) is 19.9 Å². The number of amides is 1. The predicted molar refractivity (Wildman–Crippen MR) is 41.6 cm³/mol. The normalized spacial score (nSPS) is 11.6. The van der Waals surface area contributed by atoms with E-state index < -0.39 is 15.6 Å². The van der Waals surface area contributed by atoms with Crippen molar-refractivity contribution < 1.29 is 13.2 Å². The molecule has 0 fully saturated rings. The van der Waals surface area contributed by atoms with Crippen LogP contribution in [-0.2, 0) is 10.2 Å². The van der Waals surface area contributed by atoms with Gasteiger partial charge in [0.05, 0.1) is 0 Å². The van der Waals surface area contributed by atoms with E-state index in [-0.39, 0.29) is 6.04 Å². The maximum atomic E-state index is 10.7. The van der Waals surface area contributed by atoms with Crippen LogP contribution in [-0.4, -0.2) is 19.8 Å². The van der Waals surface area contributed by atoms with Gasteiger partial charge in [0.25, 0.3) is 0 Å². The number of carbonyl (C=O) groups excluding carboxylic acids is 1. The molecule has 0 bridgehead atoms. The van der Waals surface area contributed by atoms with Gasteiger partial charge in [-0.1, -0.05) is 0 Å². The van der Waals surface area contributed by atoms with Gasteiger partial charge in [-0.3, -0.25) is 4.79 Å². The monoisotopic (exact) mass is 200 g/mol. The minimum absolute atomic E-state index is 0.275. The van der Waals surface area contributed by atoms with Crippen molar-refractivity contribution in [2.24, 2.45) is 0 Å². The number of carbonyl (C=O) groups is 1. The van der Waals surface area contributed by atoms with Crippen molar-refractivity contribution in [3.05, 3.63) is 0 Å². The molecule has 0 aliphatic heterocycles. The molecule has 0 spiro atoms. The Morgan fingerprint density at radius 3 is 2.18 bits per heavy atom. The van der Waals surface area contributed by atoms with Crippen LogP contribution in [0.2, 0.25) is 0 Å². The lowest BCUT2D eigenvalue weighted by Crippen LogP contribution is -2.41. The average Bonchev–Trinajstić information content (AvgIpc) is 1.53. The molecule has 0 aromatic carbocycles. The standard InChI is InChI=1S/C4H9ClN2O3S/c1-3(2)6-11(9,10)7-4(5)8/h3,6H,1-2H3,(H,7,8). The van der Waals surface area contributed by atoms with E-state index in [1.807, 2.05) is 0 Å². The first-order chi connectivity index (χ1) is 4.83. The fourth-order valence-corrected chi connectivity index (χ4v) is 1.64. The molecule has 0 aliphatic carbocycles. The molecule has 5 nitrogen and oxygen atoms in total. The van der Waals surface area contributed by atoms with E-state index in [1.165, 1.54) is 4.72 Å². The highest BCUT2D eigenvalue weighted by molar-refractivity contribution is 7.88. The molecule has 0 unspecified atom stereocenters. The lowest BCUT2D eigenvalue weighted by Gasteiger charge is -2.07. The van der Waals surface area contributed by atoms with E-state index in [0.717, 1.165) is 0 Å². The zero-order valence-corrected chi connectivity index (χ0v) is 7.66. The highest BCUT2D eigenvalue weighted by Gasteiger charge is 2.12. The Morgan fingerprint density at radius 1 is 1.45 bits per heavy atom. The smallest absolute Gasteiger partial charge is 0.255 e. The molecule has 0 radical (unpaired) electrons. The highest BCUT2D eigenvalue weighted by atomic mass is 35.5. The van der Waals surface area contributed by atoms with Gasteiger partial charge in [0.2, 0.25) is 0 Å². The molecule has 0 heterocycles. The fraction of sp³-hybridized carbons (Fsp3) is 0.750. The van der Waals surface area contributed by atoms with Crippen molar-refractivity contribution in [2.75, 3.05) is 0 Å². The van der Waals surface area contributed by atoms with Crippen molar-refractivity contribution in [3.8, 4) is 0 Å². The van der Waals surface area contributed by atoms with Gasteiger partial charge in [-0.05, 0) is 25.4 Å². The molecule has 0 aliphatic rings. The number of nitrogens with one attached hydrogen (secondary N) is 2. The first kappa shape index (κ1) is 10.7. The third kappa shape index (κ3) is 6.08. The van der Waals surface area contributed by atoms with Crippen LogP contribution in [0.5, 0.6) is 0 Å². The maximum Gasteiger partial charge on any atom is 0.328 e. The summed E-state index contributed by atoms with van der Waals surface area (Å²) in [7, 11) is -3.76. The van der Waals surface area contributed by atoms with E-state index in [9.17, 15) is 13.2 Å². The summed E-state index contributed by atoms with van der Waals surface area (Å²) in [5.74, 6) is 0. The summed E-state index contributed by atoms with van der Waals surface area (Å²) < 4.78 is 25.1. The van der Waals surface area contributed by atoms with E-state index >= 15 is 0 Å². The molecule has 0 rings (SSSR count). The maximum absolute atomic E-state index is 10.7. The van der Waals surface area contributed by atoms with Crippen LogP contribution in [0, 0.1) is 0 Å². The van der Waals surface area contributed by atoms with E-state index in [4.69, 9.17) is 11.6 Å². The van der Waals surface area contributed by atoms with Gasteiger partial charge in [-0.25, -0.2) is 4.72 Å². The topological polar surface area (TPSA) is 75.3 Å². The molecule has 0 aromatic heterocycles. The summed E-state index contributed by atoms with van der Waals surface area (Å²) in [4.78, 5) is 10.1. The van der Waals surface area contributed by atoms with Crippen LogP contribution < -0.4 is 9.44 Å². The Labute approximate surface area is 70.3 Å². The molecule has 7 heteroatoms. The molecule has 0 saturated heterocycles. The molecular weight excluding hydrogens is 192 g/mol. The van der Waals surface area contributed by atoms with Crippen LogP contribution in [0.25, 0.3) is 0 Å². The SMILES string of the molecule is CC(C)NS(=O)(=O)NC(=O)Cl. The largest absolute Gasteiger partial charge is 0.328 e. The minimum atomic E-state index is -3.76. The molecule has 1 amide bonds. The second-order valence-corrected chi connectivity index (χ2v) is 3.94. The molecule has 11 heavy (non-hydrogen) atoms. The van der Waals surface area contributed by atoms with Crippen LogP contribution in [0.3, 0.4) is 0 Å². The summed E-state index contributed by atoms with van der Waals surface area (Å²) >= 11 is 4.78. The Morgan fingerprint density at radius 2 is 1.91 bits per heavy atom. The second-order valence-electron chi connectivity index (χ2n) is 2.15. The molecule has 0 saturated carbocycles. The Hall–Kier alpha value is -0.330. The van der Waals surface area contributed by atoms with Crippen LogP contribution in [0.4, 0.5) is 4.79 Å². The molecular formula is C4H9ClN2O3S. The third-order valence-electron chi connectivity index (χ3n) is 0.605. The van der Waals surface area contributed by atoms with Gasteiger partial charge >= 0.3 is 15.6 Å². The van der Waals surface area contributed by atoms with Crippen LogP contribution in [0.1, 0.15) is 13.8 Å². The van der Waals surface area contributed by atoms with Crippen LogP contribution >= 0.6 is 11.6 Å². The minimum Gasteiger partial charge on any atom is -0.255 e. The first-order valence-corrected chi connectivity index (χ1v) is 4.69. The van der Waals surface area contributed by atoms with Crippen LogP contribution in [0.15, 0.2) is 0 Å². The van der Waals surface area contributed by atoms with Gasteiger partial charge < -0.3 is 0 Å². The summed E-state index contributed by atoms with van der Waals surface area (Å²) in [5, 5.41) is -1.13. The predicted octanol–water partition coefficient (Wildman–Crippen LogP) is 0.178. The number of rotatable bonds is 3. The zero-order chi connectivity index (χ0) is 9.07. The molecule has 0 aromatic rings. The summed E-state index contributed by atoms with van der Waals surface area (Å²) in [6.07, 6.45) is 0. The van der Waals surface area contributed by atoms with Gasteiger partial charge in [0.15, 0.2) is 0 Å². The van der Waals surface area contributed by atoms with E-state index in [2.05, 4.69) is 4.72 Å². The fourth-order valence-electron chi connectivity index (χ4n) is 0.445. The van der Waals surface area contributed by atoms with Gasteiger partial charge in [-0.15, -0.1) is 0 Å². The first-order valence-electron chi connectivity index (χ1n) is 2.83. The Bertz CT molecular complexity index is 236. The van der Waals surface area contributed by atoms with E-state index in [0.29, 0.717) is 0 Å². The average molecular weight is 201 g/mol. The highest BCUT2D eigenvalue weighted by Crippen LogP contribution is 1.86. The zero-order valence-electron chi connectivity index (χ0n) is 6.09. The molecule has 2 N–H and O–H groups in total. The Kier molecular flexibility index (Phi) is 3.77. The quantitative estimate of drug-likeness (QED) is 0.504. The van der Waals surface area contributed by atoms with Crippen molar-refractivity contribution >= 4 is 27.2 Å². The van der Waals surface area contributed by atoms with Gasteiger partial charge in [-0.2, -0.15) is 13.1 Å². The summed E-state index contributed by atoms with van der Waals surface area (Å²) in [6.45, 7) is 3.25. The number of halogens is 1. The molecule has 0 atom stereocenters. The van der Waals surface area contributed by atoms with Crippen molar-refractivity contribution in [3.63, 3.8) is 0 Å². The van der Waals surface area contributed by atoms with Gasteiger partial charge in [0, 0.05) is 6.04 Å². The lowest BCUT2D eigenvalue weighted by atomic mass is 10.4. The Balaban J connectivity index is 4.14. The third-order valence-corrected chi connectivity index (χ3v) is 2.05. The number of hydrogen-bond acceptors (Lipinski definition) is 3. The molecule has 66 valence electrons. The van der Waals surface area contributed by atoms with E-state index in [1.54, 1.807) is 13.8 Å². The number of hydrogen-bond donors (Lipinski definition) is 2. The van der Waals surface area contributed by atoms with Gasteiger partial charge in [0.1, 0.15) is 0 Å². The summed E-state index contributed by atoms with van der Waals surface area (Å²) in [5.41, 5.74) is 0. The van der Waals surface area contributed by atoms with Crippen molar-refractivity contribution in [1.82, 2.24) is 9.44 Å². The lowest BCUT2D eigenvalue weighted by molar-refractivity contribution is 0.263. The van der Waals surface area contributed by atoms with Crippen molar-refractivity contribution in [1.29, 1.82) is 0 Å².